The van der Waals surface area contributed by atoms with E-state index in [1.807, 2.05) is 42.5 Å². The zero-order valence-electron chi connectivity index (χ0n) is 15.6. The van der Waals surface area contributed by atoms with Crippen molar-refractivity contribution in [1.29, 1.82) is 0 Å². The maximum atomic E-state index is 12.9. The number of aromatic nitrogens is 2. The fourth-order valence-corrected chi connectivity index (χ4v) is 3.79. The van der Waals surface area contributed by atoms with Gasteiger partial charge in [0.05, 0.1) is 18.1 Å². The third-order valence-electron chi connectivity index (χ3n) is 4.92. The highest BCUT2D eigenvalue weighted by Gasteiger charge is 2.36. The molecule has 1 unspecified atom stereocenters. The standard InChI is InChI=1S/C21H20N4O3/c1-3-28-20(26)15-11(2)23-19-17(18(22)24-21(27)25-19)16(15)14-10-6-8-12-7-4-5-9-13(12)14/h4-10,16H,3H2,1-2H3,(H4,22,23,24,25,27). The number of hydrogen-bond donors (Lipinski definition) is 3. The lowest BCUT2D eigenvalue weighted by molar-refractivity contribution is -0.138. The molecule has 142 valence electrons. The van der Waals surface area contributed by atoms with Crippen LogP contribution in [0.5, 0.6) is 0 Å². The number of esters is 1. The highest BCUT2D eigenvalue weighted by atomic mass is 16.5. The number of nitrogens with two attached hydrogens (primary N) is 1. The van der Waals surface area contributed by atoms with Gasteiger partial charge in [-0.2, -0.15) is 4.98 Å². The Morgan fingerprint density at radius 2 is 1.96 bits per heavy atom. The number of fused-ring (bicyclic) bond motifs is 2. The Labute approximate surface area is 161 Å². The van der Waals surface area contributed by atoms with Gasteiger partial charge in [-0.1, -0.05) is 42.5 Å². The van der Waals surface area contributed by atoms with E-state index in [0.717, 1.165) is 16.3 Å². The van der Waals surface area contributed by atoms with Crippen molar-refractivity contribution in [3.05, 3.63) is 75.3 Å². The van der Waals surface area contributed by atoms with Crippen molar-refractivity contribution in [1.82, 2.24) is 9.97 Å². The quantitative estimate of drug-likeness (QED) is 0.606. The number of hydrogen-bond acceptors (Lipinski definition) is 6. The molecular weight excluding hydrogens is 356 g/mol. The molecule has 0 aliphatic carbocycles. The van der Waals surface area contributed by atoms with Crippen LogP contribution in [0.2, 0.25) is 0 Å². The Kier molecular flexibility index (Phi) is 4.35. The number of allylic oxidation sites excluding steroid dienone is 1. The second-order valence-electron chi connectivity index (χ2n) is 6.60. The fraction of sp³-hybridized carbons (Fsp3) is 0.190. The van der Waals surface area contributed by atoms with Crippen LogP contribution in [0.4, 0.5) is 11.6 Å². The summed E-state index contributed by atoms with van der Waals surface area (Å²) in [6, 6.07) is 13.8. The van der Waals surface area contributed by atoms with Gasteiger partial charge in [0.2, 0.25) is 0 Å². The number of nitrogen functional groups attached to an aromatic ring is 1. The summed E-state index contributed by atoms with van der Waals surface area (Å²) in [6.45, 7) is 3.79. The van der Waals surface area contributed by atoms with Crippen LogP contribution in [0.15, 0.2) is 58.5 Å². The molecule has 0 bridgehead atoms. The van der Waals surface area contributed by atoms with Crippen molar-refractivity contribution in [3.63, 3.8) is 0 Å². The molecule has 7 heteroatoms. The van der Waals surface area contributed by atoms with Crippen LogP contribution in [0.1, 0.15) is 30.9 Å². The van der Waals surface area contributed by atoms with Crippen LogP contribution in [0, 0.1) is 0 Å². The van der Waals surface area contributed by atoms with Crippen molar-refractivity contribution >= 4 is 28.4 Å². The van der Waals surface area contributed by atoms with Crippen LogP contribution in [0.3, 0.4) is 0 Å². The van der Waals surface area contributed by atoms with Crippen molar-refractivity contribution in [2.45, 2.75) is 19.8 Å². The fourth-order valence-electron chi connectivity index (χ4n) is 3.79. The Morgan fingerprint density at radius 3 is 2.75 bits per heavy atom. The maximum Gasteiger partial charge on any atom is 0.348 e. The van der Waals surface area contributed by atoms with E-state index in [0.29, 0.717) is 22.7 Å². The second kappa shape index (κ2) is 6.84. The van der Waals surface area contributed by atoms with E-state index < -0.39 is 17.6 Å². The number of benzene rings is 2. The minimum atomic E-state index is -0.548. The summed E-state index contributed by atoms with van der Waals surface area (Å²) < 4.78 is 5.32. The summed E-state index contributed by atoms with van der Waals surface area (Å²) in [5.74, 6) is -0.424. The van der Waals surface area contributed by atoms with E-state index >= 15 is 0 Å². The van der Waals surface area contributed by atoms with Gasteiger partial charge in [-0.25, -0.2) is 9.59 Å². The minimum absolute atomic E-state index is 0.176. The van der Waals surface area contributed by atoms with E-state index in [1.54, 1.807) is 13.8 Å². The Balaban J connectivity index is 2.05. The lowest BCUT2D eigenvalue weighted by atomic mass is 9.80. The van der Waals surface area contributed by atoms with Crippen LogP contribution < -0.4 is 16.7 Å². The third kappa shape index (κ3) is 2.81. The maximum absolute atomic E-state index is 12.9. The molecule has 0 saturated carbocycles. The van der Waals surface area contributed by atoms with Gasteiger partial charge in [-0.3, -0.25) is 4.98 Å². The Bertz CT molecular complexity index is 1170. The molecule has 2 heterocycles. The smallest absolute Gasteiger partial charge is 0.348 e. The van der Waals surface area contributed by atoms with Crippen LogP contribution in [0.25, 0.3) is 10.8 Å². The number of carbonyl (C=O) groups is 1. The van der Waals surface area contributed by atoms with Gasteiger partial charge >= 0.3 is 11.7 Å². The van der Waals surface area contributed by atoms with Gasteiger partial charge in [-0.05, 0) is 30.2 Å². The lowest BCUT2D eigenvalue weighted by Crippen LogP contribution is -2.29. The molecule has 0 saturated heterocycles. The van der Waals surface area contributed by atoms with E-state index in [-0.39, 0.29) is 12.4 Å². The minimum Gasteiger partial charge on any atom is -0.463 e. The largest absolute Gasteiger partial charge is 0.463 e. The topological polar surface area (TPSA) is 110 Å². The summed E-state index contributed by atoms with van der Waals surface area (Å²) in [4.78, 5) is 31.3. The monoisotopic (exact) mass is 376 g/mol. The molecule has 7 nitrogen and oxygen atoms in total. The van der Waals surface area contributed by atoms with E-state index in [4.69, 9.17) is 10.5 Å². The zero-order chi connectivity index (χ0) is 19.8. The highest BCUT2D eigenvalue weighted by Crippen LogP contribution is 2.44. The summed E-state index contributed by atoms with van der Waals surface area (Å²) in [5, 5.41) is 5.07. The number of nitrogens with one attached hydrogen (secondary N) is 2. The van der Waals surface area contributed by atoms with Crippen molar-refractivity contribution in [3.8, 4) is 0 Å². The van der Waals surface area contributed by atoms with E-state index in [1.165, 1.54) is 0 Å². The van der Waals surface area contributed by atoms with Gasteiger partial charge in [0.25, 0.3) is 0 Å². The number of carbonyl (C=O) groups excluding carboxylic acids is 1. The zero-order valence-corrected chi connectivity index (χ0v) is 15.6. The molecule has 1 atom stereocenters. The normalized spacial score (nSPS) is 15.9. The highest BCUT2D eigenvalue weighted by molar-refractivity contribution is 5.97. The van der Waals surface area contributed by atoms with Gasteiger partial charge < -0.3 is 15.8 Å². The molecule has 4 N–H and O–H groups in total. The van der Waals surface area contributed by atoms with Gasteiger partial charge in [-0.15, -0.1) is 0 Å². The summed E-state index contributed by atoms with van der Waals surface area (Å²) in [7, 11) is 0. The van der Waals surface area contributed by atoms with Crippen molar-refractivity contribution in [2.75, 3.05) is 17.7 Å². The van der Waals surface area contributed by atoms with E-state index in [2.05, 4.69) is 15.3 Å². The van der Waals surface area contributed by atoms with Crippen LogP contribution >= 0.6 is 0 Å². The third-order valence-corrected chi connectivity index (χ3v) is 4.92. The first-order valence-corrected chi connectivity index (χ1v) is 9.03. The SMILES string of the molecule is CCOC(=O)C1=C(C)Nc2nc(=O)[nH]c(N)c2C1c1cccc2ccccc12. The molecule has 1 aromatic heterocycles. The summed E-state index contributed by atoms with van der Waals surface area (Å²) >= 11 is 0. The number of H-pyrrole nitrogens is 1. The molecule has 0 spiro atoms. The molecule has 28 heavy (non-hydrogen) atoms. The van der Waals surface area contributed by atoms with Crippen LogP contribution in [-0.4, -0.2) is 22.5 Å². The van der Waals surface area contributed by atoms with Gasteiger partial charge in [0, 0.05) is 11.3 Å². The number of anilines is 2. The average molecular weight is 376 g/mol. The molecule has 4 rings (SSSR count). The summed E-state index contributed by atoms with van der Waals surface area (Å²) in [6.07, 6.45) is 0. The molecule has 1 aliphatic rings. The number of ether oxygens (including phenoxy) is 1. The Morgan fingerprint density at radius 1 is 1.21 bits per heavy atom. The van der Waals surface area contributed by atoms with Crippen LogP contribution in [-0.2, 0) is 9.53 Å². The molecule has 3 aromatic rings. The van der Waals surface area contributed by atoms with Crippen molar-refractivity contribution in [2.24, 2.45) is 0 Å². The Hall–Kier alpha value is -3.61. The first kappa shape index (κ1) is 17.8. The number of aromatic amines is 1. The predicted molar refractivity (Wildman–Crippen MR) is 108 cm³/mol. The lowest BCUT2D eigenvalue weighted by Gasteiger charge is -2.30. The average Bonchev–Trinajstić information content (AvgIpc) is 2.66. The second-order valence-corrected chi connectivity index (χ2v) is 6.60. The van der Waals surface area contributed by atoms with E-state index in [9.17, 15) is 9.59 Å². The first-order chi connectivity index (χ1) is 13.5. The molecular formula is C21H20N4O3. The molecule has 1 aliphatic heterocycles. The van der Waals surface area contributed by atoms with Gasteiger partial charge in [0.1, 0.15) is 11.6 Å². The number of nitrogens with zero attached hydrogens (tertiary/aromatic N) is 1. The molecule has 0 radical (unpaired) electrons. The number of rotatable bonds is 3. The van der Waals surface area contributed by atoms with Crippen molar-refractivity contribution < 1.29 is 9.53 Å². The van der Waals surface area contributed by atoms with Gasteiger partial charge in [0.15, 0.2) is 0 Å². The molecule has 0 fully saturated rings. The molecule has 0 amide bonds. The predicted octanol–water partition coefficient (Wildman–Crippen LogP) is 2.90. The summed E-state index contributed by atoms with van der Waals surface area (Å²) in [5.41, 5.74) is 8.12. The first-order valence-electron chi connectivity index (χ1n) is 9.03. The molecule has 2 aromatic carbocycles.